The van der Waals surface area contributed by atoms with E-state index in [1.165, 1.54) is 43.5 Å². The molecule has 0 spiro atoms. The van der Waals surface area contributed by atoms with Gasteiger partial charge in [0, 0.05) is 30.3 Å². The Morgan fingerprint density at radius 2 is 2.06 bits per heavy atom. The number of imidazole rings is 1. The summed E-state index contributed by atoms with van der Waals surface area (Å²) in [6, 6.07) is 5.40. The number of nitrogen functional groups attached to an aromatic ring is 1. The predicted octanol–water partition coefficient (Wildman–Crippen LogP) is 4.46. The number of carbonyl (C=O) groups is 2. The topological polar surface area (TPSA) is 117 Å². The van der Waals surface area contributed by atoms with Crippen LogP contribution in [-0.2, 0) is 9.59 Å². The number of fused-ring (bicyclic) bond motifs is 1. The molecule has 2 amide bonds. The molecule has 4 N–H and O–H groups in total. The zero-order valence-electron chi connectivity index (χ0n) is 18.6. The third-order valence-electron chi connectivity index (χ3n) is 6.31. The highest BCUT2D eigenvalue weighted by Crippen LogP contribution is 2.44. The Bertz CT molecular complexity index is 1390. The number of pyridine rings is 1. The fraction of sp³-hybridized carbons (Fsp3) is 0.250. The maximum Gasteiger partial charge on any atom is 0.247 e. The lowest BCUT2D eigenvalue weighted by atomic mass is 9.92. The van der Waals surface area contributed by atoms with Gasteiger partial charge >= 0.3 is 0 Å². The molecule has 180 valence electrons. The Morgan fingerprint density at radius 1 is 1.26 bits per heavy atom. The zero-order chi connectivity index (χ0) is 24.9. The Hall–Kier alpha value is -3.79. The highest BCUT2D eigenvalue weighted by atomic mass is 35.5. The summed E-state index contributed by atoms with van der Waals surface area (Å²) >= 11 is 5.94. The van der Waals surface area contributed by atoms with Gasteiger partial charge in [-0.15, -0.1) is 0 Å². The number of benzene rings is 1. The largest absolute Gasteiger partial charge is 0.398 e. The van der Waals surface area contributed by atoms with Crippen LogP contribution < -0.4 is 11.1 Å². The predicted molar refractivity (Wildman–Crippen MR) is 127 cm³/mol. The van der Waals surface area contributed by atoms with E-state index in [1.54, 1.807) is 4.90 Å². The molecule has 2 aliphatic rings. The minimum atomic E-state index is -0.765. The smallest absolute Gasteiger partial charge is 0.247 e. The molecule has 8 nitrogen and oxygen atoms in total. The number of amides is 2. The highest BCUT2D eigenvalue weighted by Gasteiger charge is 2.42. The second kappa shape index (κ2) is 8.77. The van der Waals surface area contributed by atoms with Gasteiger partial charge in [0.2, 0.25) is 17.8 Å². The van der Waals surface area contributed by atoms with Crippen molar-refractivity contribution in [2.75, 3.05) is 11.1 Å². The Labute approximate surface area is 204 Å². The lowest BCUT2D eigenvalue weighted by Gasteiger charge is -2.33. The summed E-state index contributed by atoms with van der Waals surface area (Å²) in [4.78, 5) is 37.3. The number of aromatic nitrogens is 3. The first kappa shape index (κ1) is 23.0. The second-order valence-electron chi connectivity index (χ2n) is 8.59. The number of H-pyrrole nitrogens is 1. The van der Waals surface area contributed by atoms with Crippen LogP contribution in [0, 0.1) is 11.8 Å². The minimum Gasteiger partial charge on any atom is -0.398 e. The van der Waals surface area contributed by atoms with Crippen LogP contribution >= 0.6 is 11.6 Å². The quantitative estimate of drug-likeness (QED) is 0.362. The third kappa shape index (κ3) is 4.14. The second-order valence-corrected chi connectivity index (χ2v) is 9.00. The fourth-order valence-corrected chi connectivity index (χ4v) is 4.97. The zero-order valence-corrected chi connectivity index (χ0v) is 19.4. The van der Waals surface area contributed by atoms with Crippen molar-refractivity contribution in [3.05, 3.63) is 64.7 Å². The van der Waals surface area contributed by atoms with E-state index in [-0.39, 0.29) is 51.6 Å². The highest BCUT2D eigenvalue weighted by molar-refractivity contribution is 6.31. The molecule has 11 heteroatoms. The maximum absolute atomic E-state index is 14.7. The number of nitrogens with two attached hydrogens (primary N) is 1. The molecule has 1 unspecified atom stereocenters. The van der Waals surface area contributed by atoms with Crippen molar-refractivity contribution in [3.8, 4) is 11.3 Å². The number of carbonyl (C=O) groups excluding carboxylic acids is 2. The van der Waals surface area contributed by atoms with Crippen LogP contribution in [0.25, 0.3) is 16.8 Å². The molecule has 4 heterocycles. The minimum absolute atomic E-state index is 0.0516. The van der Waals surface area contributed by atoms with E-state index in [9.17, 15) is 18.4 Å². The van der Waals surface area contributed by atoms with Crippen LogP contribution in [0.15, 0.2) is 36.5 Å². The monoisotopic (exact) mass is 498 g/mol. The molecule has 3 aromatic rings. The van der Waals surface area contributed by atoms with Crippen LogP contribution in [0.4, 0.5) is 20.3 Å². The van der Waals surface area contributed by atoms with E-state index in [0.717, 1.165) is 0 Å². The number of nitrogens with zero attached hydrogens (tertiary/aromatic N) is 3. The Morgan fingerprint density at radius 3 is 2.80 bits per heavy atom. The first-order valence-electron chi connectivity index (χ1n) is 11.0. The molecule has 0 saturated carbocycles. The third-order valence-corrected chi connectivity index (χ3v) is 6.60. The van der Waals surface area contributed by atoms with Gasteiger partial charge < -0.3 is 20.9 Å². The fourth-order valence-electron chi connectivity index (χ4n) is 4.82. The SMILES string of the molecule is CC(=O)Nc1ccc(-c2cnc([C@@H]3CCC4CC(c5c(N)ccc(Cl)c5F)=CC(=O)N43)[nH]2)c(F)n1. The summed E-state index contributed by atoms with van der Waals surface area (Å²) in [5.74, 6) is -1.40. The molecule has 5 rings (SSSR count). The molecule has 0 bridgehead atoms. The van der Waals surface area contributed by atoms with Crippen LogP contribution in [-0.4, -0.2) is 37.7 Å². The van der Waals surface area contributed by atoms with Gasteiger partial charge in [-0.25, -0.2) is 14.4 Å². The first-order valence-corrected chi connectivity index (χ1v) is 11.4. The molecule has 1 saturated heterocycles. The van der Waals surface area contributed by atoms with Crippen LogP contribution in [0.5, 0.6) is 0 Å². The van der Waals surface area contributed by atoms with Gasteiger partial charge in [0.05, 0.1) is 28.5 Å². The van der Waals surface area contributed by atoms with E-state index in [2.05, 4.69) is 20.3 Å². The maximum atomic E-state index is 14.7. The van der Waals surface area contributed by atoms with Gasteiger partial charge in [-0.1, -0.05) is 11.6 Å². The van der Waals surface area contributed by atoms with Gasteiger partial charge in [0.25, 0.3) is 0 Å². The number of nitrogens with one attached hydrogen (secondary N) is 2. The van der Waals surface area contributed by atoms with E-state index in [4.69, 9.17) is 17.3 Å². The van der Waals surface area contributed by atoms with Crippen LogP contribution in [0.1, 0.15) is 43.6 Å². The summed E-state index contributed by atoms with van der Waals surface area (Å²) < 4.78 is 29.3. The molecule has 1 fully saturated rings. The number of hydrogen-bond acceptors (Lipinski definition) is 5. The molecule has 2 aromatic heterocycles. The van der Waals surface area contributed by atoms with Crippen molar-refractivity contribution in [2.24, 2.45) is 0 Å². The van der Waals surface area contributed by atoms with E-state index >= 15 is 0 Å². The average Bonchev–Trinajstić information content (AvgIpc) is 3.44. The Balaban J connectivity index is 1.40. The average molecular weight is 499 g/mol. The van der Waals surface area contributed by atoms with Crippen molar-refractivity contribution in [2.45, 2.75) is 38.3 Å². The van der Waals surface area contributed by atoms with E-state index in [1.807, 2.05) is 0 Å². The normalized spacial score (nSPS) is 19.5. The van der Waals surface area contributed by atoms with Crippen molar-refractivity contribution in [3.63, 3.8) is 0 Å². The molecular weight excluding hydrogens is 478 g/mol. The number of hydrogen-bond donors (Lipinski definition) is 3. The number of anilines is 2. The molecule has 2 aliphatic heterocycles. The van der Waals surface area contributed by atoms with Gasteiger partial charge in [0.15, 0.2) is 5.82 Å². The van der Waals surface area contributed by atoms with E-state index < -0.39 is 11.8 Å². The Kier molecular flexibility index (Phi) is 5.76. The molecule has 2 atom stereocenters. The first-order chi connectivity index (χ1) is 16.7. The summed E-state index contributed by atoms with van der Waals surface area (Å²) in [6.45, 7) is 1.31. The van der Waals surface area contributed by atoms with Crippen molar-refractivity contribution in [1.82, 2.24) is 19.9 Å². The van der Waals surface area contributed by atoms with Crippen molar-refractivity contribution < 1.29 is 18.4 Å². The standard InChI is InChI=1S/C24H21ClF2N6O2/c1-11(34)30-19-7-3-14(23(27)32-19)17-10-29-24(31-17)18-6-2-13-8-12(9-20(35)33(13)18)21-16(28)5-4-15(25)22(21)26/h3-5,7,9-10,13,18H,2,6,8,28H2,1H3,(H,29,31)(H,30,32,34)/t13?,18-/m0/s1. The van der Waals surface area contributed by atoms with Crippen LogP contribution in [0.3, 0.4) is 0 Å². The molecule has 35 heavy (non-hydrogen) atoms. The van der Waals surface area contributed by atoms with Crippen molar-refractivity contribution in [1.29, 1.82) is 0 Å². The van der Waals surface area contributed by atoms with Gasteiger partial charge in [0.1, 0.15) is 11.6 Å². The number of rotatable bonds is 4. The molecule has 1 aromatic carbocycles. The molecular formula is C24H21ClF2N6O2. The summed E-state index contributed by atoms with van der Waals surface area (Å²) in [6.07, 6.45) is 4.64. The van der Waals surface area contributed by atoms with Gasteiger partial charge in [-0.3, -0.25) is 9.59 Å². The summed E-state index contributed by atoms with van der Waals surface area (Å²) in [5, 5.41) is 2.38. The van der Waals surface area contributed by atoms with Gasteiger partial charge in [-0.05, 0) is 49.1 Å². The lowest BCUT2D eigenvalue weighted by Crippen LogP contribution is -2.39. The van der Waals surface area contributed by atoms with Crippen LogP contribution in [0.2, 0.25) is 5.02 Å². The summed E-state index contributed by atoms with van der Waals surface area (Å²) in [7, 11) is 0. The number of aromatic amines is 1. The lowest BCUT2D eigenvalue weighted by molar-refractivity contribution is -0.129. The van der Waals surface area contributed by atoms with E-state index in [0.29, 0.717) is 36.4 Å². The van der Waals surface area contributed by atoms with Crippen molar-refractivity contribution >= 4 is 40.5 Å². The molecule has 0 aliphatic carbocycles. The summed E-state index contributed by atoms with van der Waals surface area (Å²) in [5.41, 5.74) is 7.49. The molecule has 0 radical (unpaired) electrons. The number of halogens is 3. The van der Waals surface area contributed by atoms with Gasteiger partial charge in [-0.2, -0.15) is 4.39 Å².